The van der Waals surface area contributed by atoms with E-state index in [9.17, 15) is 5.11 Å². The van der Waals surface area contributed by atoms with Crippen LogP contribution in [0.5, 0.6) is 0 Å². The van der Waals surface area contributed by atoms with Gasteiger partial charge in [-0.15, -0.1) is 0 Å². The number of anilines is 1. The molecule has 1 aromatic rings. The Morgan fingerprint density at radius 3 is 2.65 bits per heavy atom. The molecule has 1 aromatic carbocycles. The summed E-state index contributed by atoms with van der Waals surface area (Å²) in [5.74, 6) is 0.362. The highest BCUT2D eigenvalue weighted by Gasteiger charge is 2.24. The Labute approximate surface area is 103 Å². The predicted octanol–water partition coefficient (Wildman–Crippen LogP) is 1.61. The van der Waals surface area contributed by atoms with E-state index < -0.39 is 0 Å². The van der Waals surface area contributed by atoms with Gasteiger partial charge < -0.3 is 15.3 Å². The smallest absolute Gasteiger partial charge is 0.0599 e. The number of benzene rings is 1. The van der Waals surface area contributed by atoms with Crippen molar-refractivity contribution >= 4 is 5.69 Å². The fraction of sp³-hybridized carbons (Fsp3) is 0.571. The summed E-state index contributed by atoms with van der Waals surface area (Å²) in [6.45, 7) is 4.94. The second kappa shape index (κ2) is 5.52. The highest BCUT2D eigenvalue weighted by molar-refractivity contribution is 5.48. The van der Waals surface area contributed by atoms with Crippen LogP contribution < -0.4 is 10.2 Å². The molecule has 0 bridgehead atoms. The first kappa shape index (κ1) is 12.4. The number of nitrogens with one attached hydrogen (secondary N) is 1. The van der Waals surface area contributed by atoms with Gasteiger partial charge in [0, 0.05) is 25.3 Å². The zero-order chi connectivity index (χ0) is 12.3. The van der Waals surface area contributed by atoms with Crippen molar-refractivity contribution in [3.63, 3.8) is 0 Å². The average molecular weight is 234 g/mol. The molecule has 17 heavy (non-hydrogen) atoms. The van der Waals surface area contributed by atoms with Gasteiger partial charge in [-0.2, -0.15) is 0 Å². The SMILES string of the molecule is CNCc1ccc(N2CCC(O)C(C)C2)cc1. The standard InChI is InChI=1S/C14H22N2O/c1-11-10-16(8-7-14(11)17)13-5-3-12(4-6-13)9-15-2/h3-6,11,14-15,17H,7-10H2,1-2H3. The Bertz CT molecular complexity index is 350. The van der Waals surface area contributed by atoms with E-state index in [-0.39, 0.29) is 6.10 Å². The number of piperidine rings is 1. The number of nitrogens with zero attached hydrogens (tertiary/aromatic N) is 1. The zero-order valence-corrected chi connectivity index (χ0v) is 10.7. The number of aliphatic hydroxyl groups excluding tert-OH is 1. The van der Waals surface area contributed by atoms with Gasteiger partial charge in [0.05, 0.1) is 6.10 Å². The first-order valence-electron chi connectivity index (χ1n) is 6.37. The van der Waals surface area contributed by atoms with Crippen molar-refractivity contribution in [3.8, 4) is 0 Å². The van der Waals surface area contributed by atoms with Gasteiger partial charge in [-0.05, 0) is 37.1 Å². The molecule has 1 fully saturated rings. The number of aliphatic hydroxyl groups is 1. The molecule has 1 heterocycles. The van der Waals surface area contributed by atoms with E-state index >= 15 is 0 Å². The molecule has 0 saturated carbocycles. The molecule has 1 saturated heterocycles. The molecular weight excluding hydrogens is 212 g/mol. The van der Waals surface area contributed by atoms with Gasteiger partial charge in [0.2, 0.25) is 0 Å². The van der Waals surface area contributed by atoms with Gasteiger partial charge in [0.1, 0.15) is 0 Å². The van der Waals surface area contributed by atoms with Gasteiger partial charge in [0.25, 0.3) is 0 Å². The van der Waals surface area contributed by atoms with Gasteiger partial charge in [-0.3, -0.25) is 0 Å². The Kier molecular flexibility index (Phi) is 4.02. The van der Waals surface area contributed by atoms with E-state index in [0.29, 0.717) is 5.92 Å². The van der Waals surface area contributed by atoms with Crippen LogP contribution in [-0.4, -0.2) is 31.3 Å². The number of hydrogen-bond acceptors (Lipinski definition) is 3. The van der Waals surface area contributed by atoms with Crippen LogP contribution in [0.25, 0.3) is 0 Å². The summed E-state index contributed by atoms with van der Waals surface area (Å²) in [6.07, 6.45) is 0.745. The molecule has 2 unspecified atom stereocenters. The minimum absolute atomic E-state index is 0.130. The second-order valence-corrected chi connectivity index (χ2v) is 4.98. The third kappa shape index (κ3) is 2.99. The van der Waals surface area contributed by atoms with E-state index in [0.717, 1.165) is 26.1 Å². The zero-order valence-electron chi connectivity index (χ0n) is 10.7. The fourth-order valence-electron chi connectivity index (χ4n) is 2.40. The van der Waals surface area contributed by atoms with Crippen molar-refractivity contribution in [2.45, 2.75) is 26.0 Å². The van der Waals surface area contributed by atoms with Crippen LogP contribution in [0.3, 0.4) is 0 Å². The molecule has 0 radical (unpaired) electrons. The molecule has 2 N–H and O–H groups in total. The molecule has 2 rings (SSSR count). The van der Waals surface area contributed by atoms with Crippen molar-refractivity contribution in [1.82, 2.24) is 5.32 Å². The molecule has 3 nitrogen and oxygen atoms in total. The molecule has 3 heteroatoms. The van der Waals surface area contributed by atoms with Crippen LogP contribution >= 0.6 is 0 Å². The molecule has 1 aliphatic rings. The molecule has 94 valence electrons. The van der Waals surface area contributed by atoms with Crippen molar-refractivity contribution in [2.24, 2.45) is 5.92 Å². The Morgan fingerprint density at radius 2 is 2.06 bits per heavy atom. The predicted molar refractivity (Wildman–Crippen MR) is 71.2 cm³/mol. The highest BCUT2D eigenvalue weighted by atomic mass is 16.3. The lowest BCUT2D eigenvalue weighted by Crippen LogP contribution is -2.41. The molecule has 1 aliphatic heterocycles. The number of rotatable bonds is 3. The van der Waals surface area contributed by atoms with Crippen molar-refractivity contribution < 1.29 is 5.11 Å². The lowest BCUT2D eigenvalue weighted by molar-refractivity contribution is 0.0971. The van der Waals surface area contributed by atoms with Crippen LogP contribution in [0, 0.1) is 5.92 Å². The minimum atomic E-state index is -0.130. The summed E-state index contributed by atoms with van der Waals surface area (Å²) in [7, 11) is 1.96. The molecule has 0 aliphatic carbocycles. The average Bonchev–Trinajstić information content (AvgIpc) is 2.34. The van der Waals surface area contributed by atoms with Crippen LogP contribution in [0.1, 0.15) is 18.9 Å². The van der Waals surface area contributed by atoms with Crippen molar-refractivity contribution in [2.75, 3.05) is 25.0 Å². The topological polar surface area (TPSA) is 35.5 Å². The molecule has 0 aromatic heterocycles. The van der Waals surface area contributed by atoms with E-state index in [2.05, 4.69) is 41.4 Å². The van der Waals surface area contributed by atoms with Gasteiger partial charge in [0.15, 0.2) is 0 Å². The van der Waals surface area contributed by atoms with E-state index in [1.165, 1.54) is 11.3 Å². The second-order valence-electron chi connectivity index (χ2n) is 4.98. The lowest BCUT2D eigenvalue weighted by Gasteiger charge is -2.36. The maximum Gasteiger partial charge on any atom is 0.0599 e. The quantitative estimate of drug-likeness (QED) is 0.834. The summed E-state index contributed by atoms with van der Waals surface area (Å²) >= 11 is 0. The van der Waals surface area contributed by atoms with Gasteiger partial charge in [-0.25, -0.2) is 0 Å². The third-order valence-electron chi connectivity index (χ3n) is 3.54. The highest BCUT2D eigenvalue weighted by Crippen LogP contribution is 2.23. The van der Waals surface area contributed by atoms with Crippen molar-refractivity contribution in [3.05, 3.63) is 29.8 Å². The molecular formula is C14H22N2O. The Balaban J connectivity index is 2.02. The maximum atomic E-state index is 9.72. The van der Waals surface area contributed by atoms with Gasteiger partial charge >= 0.3 is 0 Å². The van der Waals surface area contributed by atoms with E-state index in [1.807, 2.05) is 7.05 Å². The van der Waals surface area contributed by atoms with Gasteiger partial charge in [-0.1, -0.05) is 19.1 Å². The Morgan fingerprint density at radius 1 is 1.35 bits per heavy atom. The van der Waals surface area contributed by atoms with Crippen LogP contribution in [-0.2, 0) is 6.54 Å². The summed E-state index contributed by atoms with van der Waals surface area (Å²) in [5, 5.41) is 12.9. The summed E-state index contributed by atoms with van der Waals surface area (Å²) < 4.78 is 0. The summed E-state index contributed by atoms with van der Waals surface area (Å²) in [4.78, 5) is 2.36. The fourth-order valence-corrected chi connectivity index (χ4v) is 2.40. The van der Waals surface area contributed by atoms with Crippen LogP contribution in [0.15, 0.2) is 24.3 Å². The minimum Gasteiger partial charge on any atom is -0.393 e. The lowest BCUT2D eigenvalue weighted by atomic mass is 9.96. The van der Waals surface area contributed by atoms with E-state index in [4.69, 9.17) is 0 Å². The number of hydrogen-bond donors (Lipinski definition) is 2. The largest absolute Gasteiger partial charge is 0.393 e. The maximum absolute atomic E-state index is 9.72. The summed E-state index contributed by atoms with van der Waals surface area (Å²) in [6, 6.07) is 8.69. The Hall–Kier alpha value is -1.06. The molecule has 0 amide bonds. The first-order valence-corrected chi connectivity index (χ1v) is 6.37. The van der Waals surface area contributed by atoms with Crippen molar-refractivity contribution in [1.29, 1.82) is 0 Å². The first-order chi connectivity index (χ1) is 8.20. The van der Waals surface area contributed by atoms with Crippen LogP contribution in [0.4, 0.5) is 5.69 Å². The molecule has 2 atom stereocenters. The normalized spacial score (nSPS) is 25.0. The summed E-state index contributed by atoms with van der Waals surface area (Å²) in [5.41, 5.74) is 2.57. The van der Waals surface area contributed by atoms with E-state index in [1.54, 1.807) is 0 Å². The monoisotopic (exact) mass is 234 g/mol. The third-order valence-corrected chi connectivity index (χ3v) is 3.54. The molecule has 0 spiro atoms. The van der Waals surface area contributed by atoms with Crippen LogP contribution in [0.2, 0.25) is 0 Å².